The summed E-state index contributed by atoms with van der Waals surface area (Å²) in [5.74, 6) is 0.869. The van der Waals surface area contributed by atoms with Gasteiger partial charge in [-0.3, -0.25) is 4.98 Å². The first-order valence-electron chi connectivity index (χ1n) is 10.5. The molecule has 4 aromatic rings. The van der Waals surface area contributed by atoms with Crippen molar-refractivity contribution in [3.63, 3.8) is 0 Å². The average molecular weight is 441 g/mol. The standard InChI is InChI=1S/C25H24N6S/c1-29(2)18-11-13-19(14-12-18)31-24(23(28-25(31)32)20-8-3-5-15-26-20)21-9-7-17-30(21)22-10-4-6-16-27-22/h3-17,23-24H,1-2H3,(H,28,32)/t23-,24+/m1/s1. The van der Waals surface area contributed by atoms with Crippen LogP contribution in [0, 0.1) is 0 Å². The van der Waals surface area contributed by atoms with Gasteiger partial charge in [0.1, 0.15) is 11.9 Å². The van der Waals surface area contributed by atoms with Gasteiger partial charge in [-0.2, -0.15) is 0 Å². The minimum Gasteiger partial charge on any atom is -0.378 e. The first-order chi connectivity index (χ1) is 15.6. The van der Waals surface area contributed by atoms with E-state index in [-0.39, 0.29) is 12.1 Å². The molecule has 1 aliphatic heterocycles. The highest BCUT2D eigenvalue weighted by Gasteiger charge is 2.42. The molecule has 0 radical (unpaired) electrons. The van der Waals surface area contributed by atoms with Crippen LogP contribution in [-0.4, -0.2) is 33.7 Å². The van der Waals surface area contributed by atoms with Gasteiger partial charge in [-0.1, -0.05) is 12.1 Å². The molecule has 32 heavy (non-hydrogen) atoms. The van der Waals surface area contributed by atoms with Crippen molar-refractivity contribution in [1.82, 2.24) is 19.9 Å². The molecule has 1 N–H and O–H groups in total. The minimum absolute atomic E-state index is 0.0976. The van der Waals surface area contributed by atoms with Gasteiger partial charge in [0.2, 0.25) is 0 Å². The molecular formula is C25H24N6S. The molecule has 6 nitrogen and oxygen atoms in total. The number of pyridine rings is 2. The number of rotatable bonds is 5. The molecule has 1 fully saturated rings. The van der Waals surface area contributed by atoms with Crippen molar-refractivity contribution in [2.75, 3.05) is 23.9 Å². The fraction of sp³-hybridized carbons (Fsp3) is 0.160. The van der Waals surface area contributed by atoms with Crippen molar-refractivity contribution in [3.8, 4) is 5.82 Å². The summed E-state index contributed by atoms with van der Waals surface area (Å²) in [6, 6.07) is 24.4. The minimum atomic E-state index is -0.102. The summed E-state index contributed by atoms with van der Waals surface area (Å²) >= 11 is 5.85. The lowest BCUT2D eigenvalue weighted by Crippen LogP contribution is -2.30. The fourth-order valence-corrected chi connectivity index (χ4v) is 4.53. The number of aromatic nitrogens is 3. The van der Waals surface area contributed by atoms with Gasteiger partial charge < -0.3 is 19.7 Å². The van der Waals surface area contributed by atoms with E-state index in [9.17, 15) is 0 Å². The second kappa shape index (κ2) is 8.43. The zero-order valence-electron chi connectivity index (χ0n) is 18.0. The molecule has 4 heterocycles. The van der Waals surface area contributed by atoms with Crippen molar-refractivity contribution < 1.29 is 0 Å². The van der Waals surface area contributed by atoms with Crippen LogP contribution in [0.5, 0.6) is 0 Å². The third-order valence-electron chi connectivity index (χ3n) is 5.72. The number of hydrogen-bond acceptors (Lipinski definition) is 4. The van der Waals surface area contributed by atoms with E-state index in [1.807, 2.05) is 75.2 Å². The van der Waals surface area contributed by atoms with E-state index < -0.39 is 0 Å². The van der Waals surface area contributed by atoms with Gasteiger partial charge in [0, 0.05) is 49.8 Å². The van der Waals surface area contributed by atoms with Gasteiger partial charge in [0.15, 0.2) is 5.11 Å². The quantitative estimate of drug-likeness (QED) is 0.461. The third kappa shape index (κ3) is 3.61. The lowest BCUT2D eigenvalue weighted by Gasteiger charge is -2.29. The summed E-state index contributed by atoms with van der Waals surface area (Å²) in [4.78, 5) is 13.5. The molecule has 7 heteroatoms. The first kappa shape index (κ1) is 20.2. The first-order valence-corrected chi connectivity index (χ1v) is 10.9. The maximum Gasteiger partial charge on any atom is 0.174 e. The zero-order valence-corrected chi connectivity index (χ0v) is 18.8. The number of nitrogens with one attached hydrogen (secondary N) is 1. The Labute approximate surface area is 193 Å². The molecule has 0 amide bonds. The van der Waals surface area contributed by atoms with Gasteiger partial charge in [-0.15, -0.1) is 0 Å². The fourth-order valence-electron chi connectivity index (χ4n) is 4.18. The normalized spacial score (nSPS) is 17.9. The Kier molecular flexibility index (Phi) is 5.33. The molecule has 0 aliphatic carbocycles. The Morgan fingerprint density at radius 1 is 0.875 bits per heavy atom. The second-order valence-corrected chi connectivity index (χ2v) is 8.29. The van der Waals surface area contributed by atoms with Crippen LogP contribution in [0.2, 0.25) is 0 Å². The molecule has 1 aromatic carbocycles. The summed E-state index contributed by atoms with van der Waals surface area (Å²) in [6.07, 6.45) is 5.68. The molecule has 1 saturated heterocycles. The molecule has 3 aromatic heterocycles. The van der Waals surface area contributed by atoms with Gasteiger partial charge in [-0.05, 0) is 72.9 Å². The summed E-state index contributed by atoms with van der Waals surface area (Å²) < 4.78 is 2.12. The molecule has 0 spiro atoms. The Balaban J connectivity index is 1.64. The lowest BCUT2D eigenvalue weighted by molar-refractivity contribution is 0.548. The SMILES string of the molecule is CN(C)c1ccc(N2C(=S)N[C@H](c3ccccn3)[C@@H]2c2cccn2-c2ccccn2)cc1. The largest absolute Gasteiger partial charge is 0.378 e. The molecular weight excluding hydrogens is 416 g/mol. The van der Waals surface area contributed by atoms with Crippen LogP contribution >= 0.6 is 12.2 Å². The van der Waals surface area contributed by atoms with Crippen molar-refractivity contribution in [2.24, 2.45) is 0 Å². The maximum absolute atomic E-state index is 5.85. The molecule has 2 atom stereocenters. The van der Waals surface area contributed by atoms with Gasteiger partial charge >= 0.3 is 0 Å². The van der Waals surface area contributed by atoms with E-state index in [1.165, 1.54) is 0 Å². The highest BCUT2D eigenvalue weighted by atomic mass is 32.1. The van der Waals surface area contributed by atoms with E-state index in [1.54, 1.807) is 0 Å². The number of hydrogen-bond donors (Lipinski definition) is 1. The smallest absolute Gasteiger partial charge is 0.174 e. The summed E-state index contributed by atoms with van der Waals surface area (Å²) in [5.41, 5.74) is 4.20. The highest BCUT2D eigenvalue weighted by Crippen LogP contribution is 2.42. The predicted molar refractivity (Wildman–Crippen MR) is 132 cm³/mol. The Morgan fingerprint density at radius 2 is 1.62 bits per heavy atom. The average Bonchev–Trinajstić information content (AvgIpc) is 3.44. The number of thiocarbonyl (C=S) groups is 1. The lowest BCUT2D eigenvalue weighted by atomic mass is 10.0. The molecule has 160 valence electrons. The van der Waals surface area contributed by atoms with E-state index in [4.69, 9.17) is 12.2 Å². The van der Waals surface area contributed by atoms with E-state index in [2.05, 4.69) is 60.0 Å². The highest BCUT2D eigenvalue weighted by molar-refractivity contribution is 7.80. The van der Waals surface area contributed by atoms with Crippen LogP contribution < -0.4 is 15.1 Å². The molecule has 1 aliphatic rings. The van der Waals surface area contributed by atoms with Gasteiger partial charge in [-0.25, -0.2) is 4.98 Å². The van der Waals surface area contributed by atoms with E-state index in [0.29, 0.717) is 5.11 Å². The Bertz CT molecular complexity index is 1200. The Hall–Kier alpha value is -3.71. The van der Waals surface area contributed by atoms with Gasteiger partial charge in [0.05, 0.1) is 11.7 Å². The number of anilines is 2. The van der Waals surface area contributed by atoms with E-state index >= 15 is 0 Å². The summed E-state index contributed by atoms with van der Waals surface area (Å²) in [6.45, 7) is 0. The van der Waals surface area contributed by atoms with Crippen molar-refractivity contribution in [2.45, 2.75) is 12.1 Å². The summed E-state index contributed by atoms with van der Waals surface area (Å²) in [5, 5.41) is 4.20. The molecule has 0 saturated carbocycles. The third-order valence-corrected chi connectivity index (χ3v) is 6.04. The predicted octanol–water partition coefficient (Wildman–Crippen LogP) is 4.51. The summed E-state index contributed by atoms with van der Waals surface area (Å²) in [7, 11) is 4.08. The van der Waals surface area contributed by atoms with Crippen molar-refractivity contribution in [3.05, 3.63) is 103 Å². The number of nitrogens with zero attached hydrogens (tertiary/aromatic N) is 5. The second-order valence-electron chi connectivity index (χ2n) is 7.90. The van der Waals surface area contributed by atoms with Crippen molar-refractivity contribution >= 4 is 28.7 Å². The van der Waals surface area contributed by atoms with Crippen LogP contribution in [0.4, 0.5) is 11.4 Å². The Morgan fingerprint density at radius 3 is 2.28 bits per heavy atom. The number of benzene rings is 1. The molecule has 0 bridgehead atoms. The van der Waals surface area contributed by atoms with Crippen LogP contribution in [-0.2, 0) is 0 Å². The van der Waals surface area contributed by atoms with Crippen LogP contribution in [0.3, 0.4) is 0 Å². The van der Waals surface area contributed by atoms with Crippen molar-refractivity contribution in [1.29, 1.82) is 0 Å². The monoisotopic (exact) mass is 440 g/mol. The van der Waals surface area contributed by atoms with Crippen LogP contribution in [0.15, 0.2) is 91.4 Å². The zero-order chi connectivity index (χ0) is 22.1. The molecule has 5 rings (SSSR count). The van der Waals surface area contributed by atoms with Gasteiger partial charge in [0.25, 0.3) is 0 Å². The van der Waals surface area contributed by atoms with Crippen LogP contribution in [0.25, 0.3) is 5.82 Å². The maximum atomic E-state index is 5.85. The van der Waals surface area contributed by atoms with E-state index in [0.717, 1.165) is 28.6 Å². The topological polar surface area (TPSA) is 49.2 Å². The van der Waals surface area contributed by atoms with Crippen LogP contribution in [0.1, 0.15) is 23.5 Å². The molecule has 0 unspecified atom stereocenters.